The minimum absolute atomic E-state index is 0.00718. The lowest BCUT2D eigenvalue weighted by molar-refractivity contribution is 0.282. The molecule has 0 spiro atoms. The summed E-state index contributed by atoms with van der Waals surface area (Å²) in [5.74, 6) is 0. The lowest BCUT2D eigenvalue weighted by atomic mass is 10.1. The first-order chi connectivity index (χ1) is 6.77. The molecule has 3 N–H and O–H groups in total. The highest BCUT2D eigenvalue weighted by Gasteiger charge is 2.10. The predicted octanol–water partition coefficient (Wildman–Crippen LogP) is 2.70. The second-order valence-corrected chi connectivity index (χ2v) is 4.74. The SMILES string of the molecule is CSc1c(N)c(CO)cc2sccc12. The van der Waals surface area contributed by atoms with Crippen LogP contribution in [0.15, 0.2) is 22.4 Å². The number of nitrogen functional groups attached to an aromatic ring is 1. The van der Waals surface area contributed by atoms with Gasteiger partial charge < -0.3 is 10.8 Å². The number of aliphatic hydroxyl groups is 1. The highest BCUT2D eigenvalue weighted by atomic mass is 32.2. The smallest absolute Gasteiger partial charge is 0.0702 e. The molecule has 0 fully saturated rings. The van der Waals surface area contributed by atoms with Crippen molar-refractivity contribution in [1.82, 2.24) is 0 Å². The molecule has 0 radical (unpaired) electrons. The standard InChI is InChI=1S/C10H11NOS2/c1-13-10-7-2-3-14-8(7)4-6(5-12)9(10)11/h2-4,12H,5,11H2,1H3. The van der Waals surface area contributed by atoms with Gasteiger partial charge in [-0.1, -0.05) is 0 Å². The molecule has 1 aromatic carbocycles. The quantitative estimate of drug-likeness (QED) is 0.610. The number of aliphatic hydroxyl groups excluding tert-OH is 1. The maximum Gasteiger partial charge on any atom is 0.0702 e. The number of anilines is 1. The molecule has 1 aromatic heterocycles. The van der Waals surface area contributed by atoms with Crippen LogP contribution in [0.25, 0.3) is 10.1 Å². The van der Waals surface area contributed by atoms with Crippen molar-refractivity contribution in [2.24, 2.45) is 0 Å². The van der Waals surface area contributed by atoms with Crippen LogP contribution in [0.4, 0.5) is 5.69 Å². The first-order valence-corrected chi connectivity index (χ1v) is 6.31. The minimum Gasteiger partial charge on any atom is -0.398 e. The molecule has 0 aliphatic carbocycles. The highest BCUT2D eigenvalue weighted by Crippen LogP contribution is 2.37. The minimum atomic E-state index is 0.00718. The van der Waals surface area contributed by atoms with Crippen LogP contribution in [0.1, 0.15) is 5.56 Å². The summed E-state index contributed by atoms with van der Waals surface area (Å²) >= 11 is 3.30. The zero-order valence-electron chi connectivity index (χ0n) is 7.78. The summed E-state index contributed by atoms with van der Waals surface area (Å²) in [7, 11) is 0. The third-order valence-electron chi connectivity index (χ3n) is 2.21. The van der Waals surface area contributed by atoms with Gasteiger partial charge in [0.15, 0.2) is 0 Å². The average Bonchev–Trinajstić information content (AvgIpc) is 2.64. The number of fused-ring (bicyclic) bond motifs is 1. The summed E-state index contributed by atoms with van der Waals surface area (Å²) < 4.78 is 1.19. The number of benzene rings is 1. The summed E-state index contributed by atoms with van der Waals surface area (Å²) in [4.78, 5) is 1.08. The Morgan fingerprint density at radius 2 is 2.36 bits per heavy atom. The number of thioether (sulfide) groups is 1. The van der Waals surface area contributed by atoms with E-state index in [0.717, 1.165) is 10.5 Å². The number of thiophene rings is 1. The van der Waals surface area contributed by atoms with Gasteiger partial charge in [0, 0.05) is 20.5 Å². The first-order valence-electron chi connectivity index (χ1n) is 4.21. The van der Waals surface area contributed by atoms with Crippen molar-refractivity contribution in [3.8, 4) is 0 Å². The van der Waals surface area contributed by atoms with Crippen molar-refractivity contribution in [2.75, 3.05) is 12.0 Å². The van der Waals surface area contributed by atoms with E-state index in [-0.39, 0.29) is 6.61 Å². The van der Waals surface area contributed by atoms with Gasteiger partial charge in [0.1, 0.15) is 0 Å². The molecule has 14 heavy (non-hydrogen) atoms. The largest absolute Gasteiger partial charge is 0.398 e. The normalized spacial score (nSPS) is 11.0. The zero-order valence-corrected chi connectivity index (χ0v) is 9.41. The van der Waals surface area contributed by atoms with Gasteiger partial charge in [0.05, 0.1) is 12.3 Å². The van der Waals surface area contributed by atoms with E-state index in [4.69, 9.17) is 10.8 Å². The zero-order chi connectivity index (χ0) is 10.1. The number of hydrogen-bond donors (Lipinski definition) is 2. The van der Waals surface area contributed by atoms with Gasteiger partial charge in [-0.25, -0.2) is 0 Å². The molecule has 2 aromatic rings. The molecule has 4 heteroatoms. The number of rotatable bonds is 2. The fourth-order valence-electron chi connectivity index (χ4n) is 1.50. The van der Waals surface area contributed by atoms with Gasteiger partial charge in [0.2, 0.25) is 0 Å². The van der Waals surface area contributed by atoms with Crippen LogP contribution in [0.5, 0.6) is 0 Å². The van der Waals surface area contributed by atoms with E-state index < -0.39 is 0 Å². The Balaban J connectivity index is 2.80. The van der Waals surface area contributed by atoms with E-state index in [1.54, 1.807) is 23.1 Å². The van der Waals surface area contributed by atoms with Crippen molar-refractivity contribution in [3.63, 3.8) is 0 Å². The molecule has 2 nitrogen and oxygen atoms in total. The molecule has 74 valence electrons. The Morgan fingerprint density at radius 3 is 3.00 bits per heavy atom. The summed E-state index contributed by atoms with van der Waals surface area (Å²) in [6, 6.07) is 4.04. The van der Waals surface area contributed by atoms with E-state index in [9.17, 15) is 0 Å². The Bertz CT molecular complexity index is 464. The predicted molar refractivity (Wildman–Crippen MR) is 63.9 cm³/mol. The molecule has 0 atom stereocenters. The van der Waals surface area contributed by atoms with E-state index >= 15 is 0 Å². The summed E-state index contributed by atoms with van der Waals surface area (Å²) in [5, 5.41) is 12.4. The molecule has 0 unspecified atom stereocenters. The molecule has 0 amide bonds. The summed E-state index contributed by atoms with van der Waals surface area (Å²) in [6.45, 7) is 0.00718. The monoisotopic (exact) mass is 225 g/mol. The molecule has 1 heterocycles. The van der Waals surface area contributed by atoms with Crippen LogP contribution < -0.4 is 5.73 Å². The fourth-order valence-corrected chi connectivity index (χ4v) is 3.17. The van der Waals surface area contributed by atoms with Crippen LogP contribution in [0.3, 0.4) is 0 Å². The second kappa shape index (κ2) is 3.81. The Morgan fingerprint density at radius 1 is 1.57 bits per heavy atom. The third kappa shape index (κ3) is 1.39. The Kier molecular flexibility index (Phi) is 2.67. The third-order valence-corrected chi connectivity index (χ3v) is 3.92. The molecule has 0 saturated carbocycles. The fraction of sp³-hybridized carbons (Fsp3) is 0.200. The van der Waals surface area contributed by atoms with Gasteiger partial charge in [0.25, 0.3) is 0 Å². The van der Waals surface area contributed by atoms with Gasteiger partial charge in [-0.3, -0.25) is 0 Å². The van der Waals surface area contributed by atoms with Crippen molar-refractivity contribution >= 4 is 38.9 Å². The molecule has 0 aliphatic heterocycles. The molecule has 0 aliphatic rings. The Hall–Kier alpha value is -0.710. The lowest BCUT2D eigenvalue weighted by Crippen LogP contribution is -1.96. The maximum absolute atomic E-state index is 9.15. The van der Waals surface area contributed by atoms with E-state index in [1.807, 2.05) is 17.7 Å². The van der Waals surface area contributed by atoms with Crippen molar-refractivity contribution in [2.45, 2.75) is 11.5 Å². The summed E-state index contributed by atoms with van der Waals surface area (Å²) in [6.07, 6.45) is 2.00. The maximum atomic E-state index is 9.15. The first kappa shape index (κ1) is 9.83. The van der Waals surface area contributed by atoms with Gasteiger partial charge in [-0.05, 0) is 23.8 Å². The topological polar surface area (TPSA) is 46.2 Å². The van der Waals surface area contributed by atoms with Crippen LogP contribution in [0.2, 0.25) is 0 Å². The van der Waals surface area contributed by atoms with Gasteiger partial charge in [-0.2, -0.15) is 0 Å². The van der Waals surface area contributed by atoms with Gasteiger partial charge in [-0.15, -0.1) is 23.1 Å². The van der Waals surface area contributed by atoms with Crippen molar-refractivity contribution in [3.05, 3.63) is 23.1 Å². The van der Waals surface area contributed by atoms with E-state index in [0.29, 0.717) is 5.69 Å². The van der Waals surface area contributed by atoms with Crippen molar-refractivity contribution in [1.29, 1.82) is 0 Å². The second-order valence-electron chi connectivity index (χ2n) is 2.97. The lowest BCUT2D eigenvalue weighted by Gasteiger charge is -2.08. The van der Waals surface area contributed by atoms with Crippen LogP contribution in [0, 0.1) is 0 Å². The molecule has 0 saturated heterocycles. The molecular weight excluding hydrogens is 214 g/mol. The molecule has 2 rings (SSSR count). The van der Waals surface area contributed by atoms with E-state index in [1.165, 1.54) is 10.1 Å². The van der Waals surface area contributed by atoms with Gasteiger partial charge >= 0.3 is 0 Å². The van der Waals surface area contributed by atoms with Crippen LogP contribution >= 0.6 is 23.1 Å². The Labute approximate surface area is 90.7 Å². The van der Waals surface area contributed by atoms with Crippen molar-refractivity contribution < 1.29 is 5.11 Å². The molecular formula is C10H11NOS2. The van der Waals surface area contributed by atoms with Crippen LogP contribution in [-0.2, 0) is 6.61 Å². The summed E-state index contributed by atoms with van der Waals surface area (Å²) in [5.41, 5.74) is 7.49. The molecule has 0 bridgehead atoms. The van der Waals surface area contributed by atoms with E-state index in [2.05, 4.69) is 6.07 Å². The number of hydrogen-bond acceptors (Lipinski definition) is 4. The average molecular weight is 225 g/mol. The van der Waals surface area contributed by atoms with Crippen LogP contribution in [-0.4, -0.2) is 11.4 Å². The number of nitrogens with two attached hydrogens (primary N) is 1. The highest BCUT2D eigenvalue weighted by molar-refractivity contribution is 7.99.